The van der Waals surface area contributed by atoms with Crippen molar-refractivity contribution in [2.24, 2.45) is 0 Å². The second-order valence-electron chi connectivity index (χ2n) is 7.17. The molecule has 1 amide bonds. The lowest BCUT2D eigenvalue weighted by atomic mass is 10.1. The van der Waals surface area contributed by atoms with E-state index in [1.54, 1.807) is 10.8 Å². The molecule has 0 fully saturated rings. The van der Waals surface area contributed by atoms with Crippen LogP contribution in [-0.2, 0) is 11.2 Å². The number of hydrogen-bond acceptors (Lipinski definition) is 3. The SMILES string of the molecule is CCCCCCC(C(=O)O)n1cnc(C(=O)NC2CCc3ccccc32)c1.Cl. The summed E-state index contributed by atoms with van der Waals surface area (Å²) in [6.07, 6.45) is 9.46. The molecule has 3 rings (SSSR count). The van der Waals surface area contributed by atoms with Crippen molar-refractivity contribution in [2.75, 3.05) is 0 Å². The van der Waals surface area contributed by atoms with Crippen molar-refractivity contribution in [3.05, 3.63) is 53.6 Å². The number of aryl methyl sites for hydroxylation is 1. The Labute approximate surface area is 171 Å². The fourth-order valence-electron chi connectivity index (χ4n) is 3.73. The van der Waals surface area contributed by atoms with E-state index >= 15 is 0 Å². The predicted molar refractivity (Wildman–Crippen MR) is 110 cm³/mol. The molecular formula is C21H28ClN3O3. The van der Waals surface area contributed by atoms with Crippen LogP contribution in [0.1, 0.15) is 79.1 Å². The van der Waals surface area contributed by atoms with Crippen LogP contribution in [0.4, 0.5) is 0 Å². The van der Waals surface area contributed by atoms with Crippen molar-refractivity contribution in [3.63, 3.8) is 0 Å². The van der Waals surface area contributed by atoms with Gasteiger partial charge in [-0.1, -0.05) is 56.9 Å². The quantitative estimate of drug-likeness (QED) is 0.608. The fraction of sp³-hybridized carbons (Fsp3) is 0.476. The van der Waals surface area contributed by atoms with E-state index in [2.05, 4.69) is 23.3 Å². The summed E-state index contributed by atoms with van der Waals surface area (Å²) < 4.78 is 1.55. The van der Waals surface area contributed by atoms with Crippen LogP contribution >= 0.6 is 12.4 Å². The highest BCUT2D eigenvalue weighted by Gasteiger charge is 2.25. The van der Waals surface area contributed by atoms with Crippen LogP contribution in [-0.4, -0.2) is 26.5 Å². The number of fused-ring (bicyclic) bond motifs is 1. The van der Waals surface area contributed by atoms with E-state index < -0.39 is 12.0 Å². The zero-order chi connectivity index (χ0) is 19.2. The molecule has 1 heterocycles. The van der Waals surface area contributed by atoms with E-state index in [4.69, 9.17) is 0 Å². The highest BCUT2D eigenvalue weighted by atomic mass is 35.5. The molecule has 0 saturated carbocycles. The van der Waals surface area contributed by atoms with Crippen molar-refractivity contribution >= 4 is 24.3 Å². The van der Waals surface area contributed by atoms with Crippen LogP contribution < -0.4 is 5.32 Å². The van der Waals surface area contributed by atoms with Gasteiger partial charge in [0.05, 0.1) is 12.4 Å². The van der Waals surface area contributed by atoms with Gasteiger partial charge < -0.3 is 15.0 Å². The van der Waals surface area contributed by atoms with Gasteiger partial charge in [0.1, 0.15) is 11.7 Å². The monoisotopic (exact) mass is 405 g/mol. The summed E-state index contributed by atoms with van der Waals surface area (Å²) in [7, 11) is 0. The molecular weight excluding hydrogens is 378 g/mol. The van der Waals surface area contributed by atoms with E-state index in [9.17, 15) is 14.7 Å². The number of imidazole rings is 1. The molecule has 28 heavy (non-hydrogen) atoms. The number of halogens is 1. The van der Waals surface area contributed by atoms with E-state index in [1.807, 2.05) is 18.2 Å². The van der Waals surface area contributed by atoms with Crippen molar-refractivity contribution in [3.8, 4) is 0 Å². The second-order valence-corrected chi connectivity index (χ2v) is 7.17. The first-order chi connectivity index (χ1) is 13.1. The van der Waals surface area contributed by atoms with Crippen LogP contribution in [0.2, 0.25) is 0 Å². The summed E-state index contributed by atoms with van der Waals surface area (Å²) in [6.45, 7) is 2.12. The number of rotatable bonds is 9. The van der Waals surface area contributed by atoms with Crippen molar-refractivity contribution in [1.29, 1.82) is 0 Å². The van der Waals surface area contributed by atoms with Crippen LogP contribution in [0.5, 0.6) is 0 Å². The minimum atomic E-state index is -0.888. The third kappa shape index (κ3) is 5.13. The van der Waals surface area contributed by atoms with Gasteiger partial charge in [0.25, 0.3) is 5.91 Å². The van der Waals surface area contributed by atoms with Gasteiger partial charge >= 0.3 is 5.97 Å². The summed E-state index contributed by atoms with van der Waals surface area (Å²) >= 11 is 0. The van der Waals surface area contributed by atoms with Gasteiger partial charge in [0, 0.05) is 6.20 Å². The van der Waals surface area contributed by atoms with Gasteiger partial charge in [-0.3, -0.25) is 4.79 Å². The Kier molecular flexibility index (Phi) is 8.05. The first-order valence-corrected chi connectivity index (χ1v) is 9.75. The average Bonchev–Trinajstić information content (AvgIpc) is 3.29. The molecule has 7 heteroatoms. The number of carboxylic acid groups (broad SMARTS) is 1. The zero-order valence-corrected chi connectivity index (χ0v) is 17.0. The third-order valence-corrected chi connectivity index (χ3v) is 5.25. The number of aromatic nitrogens is 2. The molecule has 1 aliphatic rings. The molecule has 0 bridgehead atoms. The molecule has 152 valence electrons. The molecule has 0 radical (unpaired) electrons. The largest absolute Gasteiger partial charge is 0.480 e. The van der Waals surface area contributed by atoms with Gasteiger partial charge in [0.15, 0.2) is 0 Å². The smallest absolute Gasteiger partial charge is 0.326 e. The van der Waals surface area contributed by atoms with Crippen LogP contribution in [0.15, 0.2) is 36.8 Å². The number of carbonyl (C=O) groups excluding carboxylic acids is 1. The summed E-state index contributed by atoms with van der Waals surface area (Å²) in [5, 5.41) is 12.6. The maximum absolute atomic E-state index is 12.6. The van der Waals surface area contributed by atoms with Gasteiger partial charge in [0.2, 0.25) is 0 Å². The maximum atomic E-state index is 12.6. The van der Waals surface area contributed by atoms with E-state index in [1.165, 1.54) is 11.9 Å². The van der Waals surface area contributed by atoms with Crippen LogP contribution in [0.3, 0.4) is 0 Å². The lowest BCUT2D eigenvalue weighted by molar-refractivity contribution is -0.141. The Balaban J connectivity index is 0.00000280. The number of carbonyl (C=O) groups is 2. The Bertz CT molecular complexity index is 806. The number of carboxylic acids is 1. The molecule has 1 aromatic carbocycles. The minimum Gasteiger partial charge on any atom is -0.480 e. The number of benzene rings is 1. The van der Waals surface area contributed by atoms with Gasteiger partial charge in [-0.15, -0.1) is 12.4 Å². The molecule has 1 aromatic heterocycles. The maximum Gasteiger partial charge on any atom is 0.326 e. The van der Waals surface area contributed by atoms with Crippen LogP contribution in [0, 0.1) is 0 Å². The number of nitrogens with one attached hydrogen (secondary N) is 1. The molecule has 2 unspecified atom stereocenters. The van der Waals surface area contributed by atoms with Crippen molar-refractivity contribution in [1.82, 2.24) is 14.9 Å². The molecule has 0 aliphatic heterocycles. The predicted octanol–water partition coefficient (Wildman–Crippen LogP) is 4.32. The van der Waals surface area contributed by atoms with Gasteiger partial charge in [-0.05, 0) is 30.4 Å². The number of nitrogens with zero attached hydrogens (tertiary/aromatic N) is 2. The Morgan fingerprint density at radius 1 is 1.29 bits per heavy atom. The molecule has 2 N–H and O–H groups in total. The lowest BCUT2D eigenvalue weighted by Gasteiger charge is -2.14. The molecule has 0 spiro atoms. The summed E-state index contributed by atoms with van der Waals surface area (Å²) in [6, 6.07) is 7.44. The first-order valence-electron chi connectivity index (χ1n) is 9.75. The number of aliphatic carboxylic acids is 1. The Hall–Kier alpha value is -2.34. The van der Waals surface area contributed by atoms with Crippen LogP contribution in [0.25, 0.3) is 0 Å². The normalized spacial score (nSPS) is 16.1. The fourth-order valence-corrected chi connectivity index (χ4v) is 3.73. The Morgan fingerprint density at radius 2 is 2.07 bits per heavy atom. The minimum absolute atomic E-state index is 0. The highest BCUT2D eigenvalue weighted by Crippen LogP contribution is 2.30. The second kappa shape index (κ2) is 10.3. The first kappa shape index (κ1) is 22.0. The van der Waals surface area contributed by atoms with Crippen molar-refractivity contribution in [2.45, 2.75) is 64.0 Å². The standard InChI is InChI=1S/C21H27N3O3.ClH/c1-2-3-4-5-10-19(21(26)27)24-13-18(22-14-24)20(25)23-17-12-11-15-8-6-7-9-16(15)17;/h6-9,13-14,17,19H,2-5,10-12H2,1H3,(H,23,25)(H,26,27);1H. The van der Waals surface area contributed by atoms with E-state index in [0.29, 0.717) is 6.42 Å². The van der Waals surface area contributed by atoms with Crippen molar-refractivity contribution < 1.29 is 14.7 Å². The van der Waals surface area contributed by atoms with Gasteiger partial charge in [-0.2, -0.15) is 0 Å². The average molecular weight is 406 g/mol. The lowest BCUT2D eigenvalue weighted by Crippen LogP contribution is -2.27. The van der Waals surface area contributed by atoms with E-state index in [0.717, 1.165) is 44.1 Å². The number of unbranched alkanes of at least 4 members (excludes halogenated alkanes) is 3. The third-order valence-electron chi connectivity index (χ3n) is 5.25. The Morgan fingerprint density at radius 3 is 2.82 bits per heavy atom. The molecule has 1 aliphatic carbocycles. The zero-order valence-electron chi connectivity index (χ0n) is 16.1. The van der Waals surface area contributed by atoms with E-state index in [-0.39, 0.29) is 30.0 Å². The highest BCUT2D eigenvalue weighted by molar-refractivity contribution is 5.92. The molecule has 0 saturated heterocycles. The summed E-state index contributed by atoms with van der Waals surface area (Å²) in [5.74, 6) is -1.15. The molecule has 2 aromatic rings. The van der Waals surface area contributed by atoms with Gasteiger partial charge in [-0.25, -0.2) is 9.78 Å². The molecule has 2 atom stereocenters. The number of amides is 1. The summed E-state index contributed by atoms with van der Waals surface area (Å²) in [5.41, 5.74) is 2.69. The number of hydrogen-bond donors (Lipinski definition) is 2. The topological polar surface area (TPSA) is 84.2 Å². The molecule has 6 nitrogen and oxygen atoms in total. The summed E-state index contributed by atoms with van der Waals surface area (Å²) in [4.78, 5) is 28.3.